The molecule has 0 aliphatic rings. The van der Waals surface area contributed by atoms with E-state index >= 15 is 0 Å². The summed E-state index contributed by atoms with van der Waals surface area (Å²) in [6, 6.07) is 5.82. The van der Waals surface area contributed by atoms with Crippen LogP contribution in [0, 0.1) is 10.5 Å². The van der Waals surface area contributed by atoms with Crippen molar-refractivity contribution in [3.8, 4) is 0 Å². The van der Waals surface area contributed by atoms with Gasteiger partial charge in [0, 0.05) is 9.13 Å². The maximum atomic E-state index is 11.3. The lowest BCUT2D eigenvalue weighted by Gasteiger charge is -2.00. The first kappa shape index (κ1) is 10.4. The zero-order valence-corrected chi connectivity index (χ0v) is 10.9. The molecule has 1 aromatic rings. The molecule has 0 spiro atoms. The van der Waals surface area contributed by atoms with E-state index in [0.717, 1.165) is 9.13 Å². The molecule has 3 heteroatoms. The molecule has 0 saturated carbocycles. The molecule has 0 aromatic heterocycles. The van der Waals surface area contributed by atoms with Crippen molar-refractivity contribution >= 4 is 51.0 Å². The van der Waals surface area contributed by atoms with Crippen molar-refractivity contribution in [2.45, 2.75) is 6.92 Å². The molecule has 64 valence electrons. The van der Waals surface area contributed by atoms with Crippen molar-refractivity contribution < 1.29 is 4.79 Å². The second-order valence-electron chi connectivity index (χ2n) is 2.52. The Morgan fingerprint density at radius 2 is 2.17 bits per heavy atom. The van der Waals surface area contributed by atoms with Crippen LogP contribution in [0.1, 0.15) is 15.9 Å². The van der Waals surface area contributed by atoms with Gasteiger partial charge >= 0.3 is 0 Å². The monoisotopic (exact) mass is 386 g/mol. The van der Waals surface area contributed by atoms with E-state index in [4.69, 9.17) is 0 Å². The molecule has 0 bridgehead atoms. The van der Waals surface area contributed by atoms with Gasteiger partial charge in [-0.05, 0) is 41.1 Å². The Morgan fingerprint density at radius 3 is 2.67 bits per heavy atom. The molecule has 1 rings (SSSR count). The average Bonchev–Trinajstić information content (AvgIpc) is 2.08. The van der Waals surface area contributed by atoms with Gasteiger partial charge in [0.05, 0.1) is 4.43 Å². The molecule has 0 atom stereocenters. The third kappa shape index (κ3) is 2.42. The second kappa shape index (κ2) is 4.55. The lowest BCUT2D eigenvalue weighted by atomic mass is 10.1. The van der Waals surface area contributed by atoms with Crippen molar-refractivity contribution in [2.75, 3.05) is 4.43 Å². The van der Waals surface area contributed by atoms with E-state index in [9.17, 15) is 4.79 Å². The number of ketones is 1. The molecule has 0 unspecified atom stereocenters. The minimum atomic E-state index is 0.202. The Labute approximate surface area is 99.2 Å². The van der Waals surface area contributed by atoms with E-state index in [1.165, 1.54) is 5.56 Å². The Bertz CT molecular complexity index is 307. The van der Waals surface area contributed by atoms with E-state index in [0.29, 0.717) is 4.43 Å². The normalized spacial score (nSPS) is 9.92. The molecule has 0 saturated heterocycles. The van der Waals surface area contributed by atoms with Gasteiger partial charge in [0.2, 0.25) is 0 Å². The van der Waals surface area contributed by atoms with E-state index in [2.05, 4.69) is 45.2 Å². The molecule has 0 aliphatic heterocycles. The van der Waals surface area contributed by atoms with Gasteiger partial charge in [-0.2, -0.15) is 0 Å². The van der Waals surface area contributed by atoms with Gasteiger partial charge in [0.25, 0.3) is 0 Å². The smallest absolute Gasteiger partial charge is 0.172 e. The minimum absolute atomic E-state index is 0.202. The molecule has 0 N–H and O–H groups in total. The highest BCUT2D eigenvalue weighted by atomic mass is 127. The zero-order valence-electron chi connectivity index (χ0n) is 6.60. The molecule has 0 heterocycles. The van der Waals surface area contributed by atoms with Gasteiger partial charge in [-0.15, -0.1) is 0 Å². The van der Waals surface area contributed by atoms with Crippen LogP contribution in [-0.2, 0) is 0 Å². The largest absolute Gasteiger partial charge is 0.293 e. The van der Waals surface area contributed by atoms with Crippen LogP contribution in [0.25, 0.3) is 0 Å². The molecular formula is C9H8I2O. The van der Waals surface area contributed by atoms with Crippen LogP contribution in [0.5, 0.6) is 0 Å². The SMILES string of the molecule is Cc1ccc(C(=O)CI)cc1I. The lowest BCUT2D eigenvalue weighted by molar-refractivity contribution is 0.102. The van der Waals surface area contributed by atoms with Crippen molar-refractivity contribution in [2.24, 2.45) is 0 Å². The number of aryl methyl sites for hydroxylation is 1. The molecule has 1 aromatic carbocycles. The third-order valence-corrected chi connectivity index (χ3v) is 3.47. The van der Waals surface area contributed by atoms with Crippen LogP contribution in [0.2, 0.25) is 0 Å². The Hall–Kier alpha value is 0.350. The van der Waals surface area contributed by atoms with Crippen LogP contribution < -0.4 is 0 Å². The number of halogens is 2. The lowest BCUT2D eigenvalue weighted by Crippen LogP contribution is -2.00. The maximum absolute atomic E-state index is 11.3. The van der Waals surface area contributed by atoms with Crippen molar-refractivity contribution in [3.63, 3.8) is 0 Å². The predicted octanol–water partition coefficient (Wildman–Crippen LogP) is 3.22. The van der Waals surface area contributed by atoms with Crippen LogP contribution in [0.3, 0.4) is 0 Å². The standard InChI is InChI=1S/C9H8I2O/c1-6-2-3-7(4-8(6)11)9(12)5-10/h2-4H,5H2,1H3. The van der Waals surface area contributed by atoms with Crippen LogP contribution >= 0.6 is 45.2 Å². The molecular weight excluding hydrogens is 378 g/mol. The Kier molecular flexibility index (Phi) is 3.95. The number of Topliss-reactive ketones (excluding diaryl/α,β-unsaturated/α-hetero) is 1. The van der Waals surface area contributed by atoms with Gasteiger partial charge in [-0.25, -0.2) is 0 Å². The highest BCUT2D eigenvalue weighted by Crippen LogP contribution is 2.14. The first-order chi connectivity index (χ1) is 5.65. The zero-order chi connectivity index (χ0) is 9.14. The fraction of sp³-hybridized carbons (Fsp3) is 0.222. The summed E-state index contributed by atoms with van der Waals surface area (Å²) in [6.07, 6.45) is 0. The fourth-order valence-electron chi connectivity index (χ4n) is 0.843. The van der Waals surface area contributed by atoms with E-state index in [-0.39, 0.29) is 5.78 Å². The van der Waals surface area contributed by atoms with Crippen LogP contribution in [0.15, 0.2) is 18.2 Å². The molecule has 1 nitrogen and oxygen atoms in total. The van der Waals surface area contributed by atoms with Crippen LogP contribution in [0.4, 0.5) is 0 Å². The first-order valence-corrected chi connectivity index (χ1v) is 6.11. The molecule has 12 heavy (non-hydrogen) atoms. The summed E-state index contributed by atoms with van der Waals surface area (Å²) in [5.74, 6) is 0.202. The summed E-state index contributed by atoms with van der Waals surface area (Å²) >= 11 is 4.33. The number of benzene rings is 1. The van der Waals surface area contributed by atoms with E-state index < -0.39 is 0 Å². The minimum Gasteiger partial charge on any atom is -0.293 e. The van der Waals surface area contributed by atoms with Crippen LogP contribution in [-0.4, -0.2) is 10.2 Å². The van der Waals surface area contributed by atoms with Gasteiger partial charge in [-0.1, -0.05) is 34.7 Å². The van der Waals surface area contributed by atoms with Crippen molar-refractivity contribution in [1.29, 1.82) is 0 Å². The van der Waals surface area contributed by atoms with E-state index in [1.54, 1.807) is 0 Å². The second-order valence-corrected chi connectivity index (χ2v) is 4.45. The summed E-state index contributed by atoms with van der Waals surface area (Å²) in [5.41, 5.74) is 2.04. The third-order valence-electron chi connectivity index (χ3n) is 1.62. The van der Waals surface area contributed by atoms with Gasteiger partial charge in [0.1, 0.15) is 0 Å². The summed E-state index contributed by atoms with van der Waals surface area (Å²) in [6.45, 7) is 2.04. The summed E-state index contributed by atoms with van der Waals surface area (Å²) in [5, 5.41) is 0. The number of carbonyl (C=O) groups is 1. The molecule has 0 amide bonds. The summed E-state index contributed by atoms with van der Waals surface area (Å²) in [7, 11) is 0. The first-order valence-electron chi connectivity index (χ1n) is 3.50. The van der Waals surface area contributed by atoms with E-state index in [1.807, 2.05) is 25.1 Å². The molecule has 0 fully saturated rings. The average molecular weight is 386 g/mol. The number of alkyl halides is 1. The molecule has 0 radical (unpaired) electrons. The number of hydrogen-bond acceptors (Lipinski definition) is 1. The summed E-state index contributed by atoms with van der Waals surface area (Å²) < 4.78 is 1.71. The predicted molar refractivity (Wildman–Crippen MR) is 67.1 cm³/mol. The summed E-state index contributed by atoms with van der Waals surface area (Å²) in [4.78, 5) is 11.3. The van der Waals surface area contributed by atoms with Gasteiger partial charge in [-0.3, -0.25) is 4.79 Å². The fourth-order valence-corrected chi connectivity index (χ4v) is 1.80. The van der Waals surface area contributed by atoms with Crippen molar-refractivity contribution in [3.05, 3.63) is 32.9 Å². The number of carbonyl (C=O) groups excluding carboxylic acids is 1. The number of rotatable bonds is 2. The molecule has 0 aliphatic carbocycles. The van der Waals surface area contributed by atoms with Crippen molar-refractivity contribution in [1.82, 2.24) is 0 Å². The Morgan fingerprint density at radius 1 is 1.50 bits per heavy atom. The number of hydrogen-bond donors (Lipinski definition) is 0. The highest BCUT2D eigenvalue weighted by Gasteiger charge is 2.04. The highest BCUT2D eigenvalue weighted by molar-refractivity contribution is 14.1. The van der Waals surface area contributed by atoms with Gasteiger partial charge < -0.3 is 0 Å². The maximum Gasteiger partial charge on any atom is 0.172 e. The quantitative estimate of drug-likeness (QED) is 0.434. The van der Waals surface area contributed by atoms with Gasteiger partial charge in [0.15, 0.2) is 5.78 Å². The Balaban J connectivity index is 3.05. The topological polar surface area (TPSA) is 17.1 Å².